The lowest BCUT2D eigenvalue weighted by molar-refractivity contribution is 0.472. The van der Waals surface area contributed by atoms with Gasteiger partial charge in [-0.2, -0.15) is 0 Å². The van der Waals surface area contributed by atoms with Crippen molar-refractivity contribution >= 4 is 5.57 Å². The molecule has 0 radical (unpaired) electrons. The van der Waals surface area contributed by atoms with E-state index < -0.39 is 0 Å². The van der Waals surface area contributed by atoms with Crippen molar-refractivity contribution in [2.24, 2.45) is 17.6 Å². The molecule has 0 saturated heterocycles. The molecule has 15 heavy (non-hydrogen) atoms. The minimum atomic E-state index is 0.270. The molecule has 2 N–H and O–H groups in total. The van der Waals surface area contributed by atoms with E-state index in [9.17, 15) is 0 Å². The highest BCUT2D eigenvalue weighted by Gasteiger charge is 2.34. The standard InChI is InChI=1S/C14H17N/c15-14-12-7-6-10(8-12)9-13(14)11-4-2-1-3-5-11/h1-5,9-10,12,14H,6-8,15H2. The van der Waals surface area contributed by atoms with Crippen LogP contribution in [0.1, 0.15) is 24.8 Å². The summed E-state index contributed by atoms with van der Waals surface area (Å²) in [4.78, 5) is 0. The summed E-state index contributed by atoms with van der Waals surface area (Å²) in [7, 11) is 0. The molecule has 3 unspecified atom stereocenters. The topological polar surface area (TPSA) is 26.0 Å². The molecule has 0 aromatic heterocycles. The molecule has 0 heterocycles. The van der Waals surface area contributed by atoms with Crippen molar-refractivity contribution < 1.29 is 0 Å². The number of allylic oxidation sites excluding steroid dienone is 1. The smallest absolute Gasteiger partial charge is 0.0326 e. The van der Waals surface area contributed by atoms with Crippen molar-refractivity contribution in [2.45, 2.75) is 25.3 Å². The van der Waals surface area contributed by atoms with Crippen molar-refractivity contribution in [3.05, 3.63) is 42.0 Å². The maximum atomic E-state index is 6.32. The molecule has 1 aromatic rings. The predicted molar refractivity (Wildman–Crippen MR) is 63.2 cm³/mol. The Morgan fingerprint density at radius 3 is 2.67 bits per heavy atom. The van der Waals surface area contributed by atoms with Crippen molar-refractivity contribution in [1.29, 1.82) is 0 Å². The van der Waals surface area contributed by atoms with E-state index in [2.05, 4.69) is 36.4 Å². The van der Waals surface area contributed by atoms with E-state index in [4.69, 9.17) is 5.73 Å². The van der Waals surface area contributed by atoms with Gasteiger partial charge >= 0.3 is 0 Å². The van der Waals surface area contributed by atoms with Crippen LogP contribution in [0.25, 0.3) is 5.57 Å². The minimum Gasteiger partial charge on any atom is -0.324 e. The molecule has 1 aromatic carbocycles. The Balaban J connectivity index is 1.99. The second-order valence-corrected chi connectivity index (χ2v) is 4.85. The molecule has 0 spiro atoms. The largest absolute Gasteiger partial charge is 0.324 e. The summed E-state index contributed by atoms with van der Waals surface area (Å²) in [6.07, 6.45) is 6.40. The second kappa shape index (κ2) is 3.49. The lowest BCUT2D eigenvalue weighted by atomic mass is 9.82. The quantitative estimate of drug-likeness (QED) is 0.739. The highest BCUT2D eigenvalue weighted by atomic mass is 14.7. The Kier molecular flexibility index (Phi) is 2.14. The maximum absolute atomic E-state index is 6.32. The summed E-state index contributed by atoms with van der Waals surface area (Å²) in [5.41, 5.74) is 9.03. The van der Waals surface area contributed by atoms with Crippen LogP contribution in [0.5, 0.6) is 0 Å². The molecule has 78 valence electrons. The second-order valence-electron chi connectivity index (χ2n) is 4.85. The molecule has 0 aliphatic heterocycles. The van der Waals surface area contributed by atoms with Crippen LogP contribution >= 0.6 is 0 Å². The van der Waals surface area contributed by atoms with Crippen LogP contribution in [0.4, 0.5) is 0 Å². The average molecular weight is 199 g/mol. The van der Waals surface area contributed by atoms with Gasteiger partial charge in [-0.15, -0.1) is 0 Å². The van der Waals surface area contributed by atoms with E-state index in [1.807, 2.05) is 0 Å². The molecule has 2 bridgehead atoms. The average Bonchev–Trinajstić information content (AvgIpc) is 2.69. The van der Waals surface area contributed by atoms with E-state index in [-0.39, 0.29) is 6.04 Å². The number of hydrogen-bond donors (Lipinski definition) is 1. The van der Waals surface area contributed by atoms with E-state index in [1.165, 1.54) is 30.4 Å². The highest BCUT2D eigenvalue weighted by molar-refractivity contribution is 5.71. The van der Waals surface area contributed by atoms with Crippen LogP contribution in [0.15, 0.2) is 36.4 Å². The molecule has 1 fully saturated rings. The van der Waals surface area contributed by atoms with Crippen LogP contribution < -0.4 is 5.73 Å². The van der Waals surface area contributed by atoms with Crippen LogP contribution in [0.3, 0.4) is 0 Å². The SMILES string of the molecule is NC1C(c2ccccc2)=CC2CCC1C2. The van der Waals surface area contributed by atoms with Crippen LogP contribution in [-0.2, 0) is 0 Å². The first-order chi connectivity index (χ1) is 7.34. The summed E-state index contributed by atoms with van der Waals surface area (Å²) < 4.78 is 0. The summed E-state index contributed by atoms with van der Waals surface area (Å²) in [6.45, 7) is 0. The molecular weight excluding hydrogens is 182 g/mol. The van der Waals surface area contributed by atoms with Crippen LogP contribution in [0.2, 0.25) is 0 Å². The molecular formula is C14H17N. The van der Waals surface area contributed by atoms with Crippen molar-refractivity contribution in [3.8, 4) is 0 Å². The maximum Gasteiger partial charge on any atom is 0.0326 e. The van der Waals surface area contributed by atoms with Crippen molar-refractivity contribution in [2.75, 3.05) is 0 Å². The van der Waals surface area contributed by atoms with Crippen molar-refractivity contribution in [3.63, 3.8) is 0 Å². The van der Waals surface area contributed by atoms with E-state index in [0.29, 0.717) is 0 Å². The Labute approximate surface area is 91.0 Å². The number of benzene rings is 1. The van der Waals surface area contributed by atoms with Gasteiger partial charge in [-0.05, 0) is 42.2 Å². The first-order valence-electron chi connectivity index (χ1n) is 5.87. The first kappa shape index (κ1) is 9.17. The van der Waals surface area contributed by atoms with Gasteiger partial charge in [-0.25, -0.2) is 0 Å². The normalized spacial score (nSPS) is 33.9. The van der Waals surface area contributed by atoms with Gasteiger partial charge in [0, 0.05) is 6.04 Å². The summed E-state index contributed by atoms with van der Waals surface area (Å²) in [5, 5.41) is 0. The molecule has 1 saturated carbocycles. The fraction of sp³-hybridized carbons (Fsp3) is 0.429. The molecule has 1 heteroatoms. The minimum absolute atomic E-state index is 0.270. The number of nitrogens with two attached hydrogens (primary N) is 1. The first-order valence-corrected chi connectivity index (χ1v) is 5.87. The third-order valence-corrected chi connectivity index (χ3v) is 3.90. The van der Waals surface area contributed by atoms with E-state index in [1.54, 1.807) is 0 Å². The number of hydrogen-bond acceptors (Lipinski definition) is 1. The Bertz CT molecular complexity index is 380. The molecule has 2 aliphatic rings. The number of fused-ring (bicyclic) bond motifs is 2. The van der Waals surface area contributed by atoms with Gasteiger partial charge in [0.25, 0.3) is 0 Å². The third-order valence-electron chi connectivity index (χ3n) is 3.90. The Hall–Kier alpha value is -1.08. The molecule has 2 aliphatic carbocycles. The van der Waals surface area contributed by atoms with Gasteiger partial charge in [-0.3, -0.25) is 0 Å². The van der Waals surface area contributed by atoms with Crippen molar-refractivity contribution in [1.82, 2.24) is 0 Å². The number of rotatable bonds is 1. The fourth-order valence-electron chi connectivity index (χ4n) is 3.07. The van der Waals surface area contributed by atoms with Crippen LogP contribution in [-0.4, -0.2) is 6.04 Å². The monoisotopic (exact) mass is 199 g/mol. The van der Waals surface area contributed by atoms with E-state index >= 15 is 0 Å². The molecule has 3 rings (SSSR count). The zero-order valence-corrected chi connectivity index (χ0v) is 8.89. The lowest BCUT2D eigenvalue weighted by Gasteiger charge is -2.27. The zero-order chi connectivity index (χ0) is 10.3. The Morgan fingerprint density at radius 2 is 1.87 bits per heavy atom. The molecule has 3 atom stereocenters. The highest BCUT2D eigenvalue weighted by Crippen LogP contribution is 2.43. The van der Waals surface area contributed by atoms with Gasteiger partial charge in [0.2, 0.25) is 0 Å². The summed E-state index contributed by atoms with van der Waals surface area (Å²) >= 11 is 0. The van der Waals surface area contributed by atoms with Gasteiger partial charge < -0.3 is 5.73 Å². The van der Waals surface area contributed by atoms with Gasteiger partial charge in [0.1, 0.15) is 0 Å². The van der Waals surface area contributed by atoms with Crippen LogP contribution in [0, 0.1) is 11.8 Å². The Morgan fingerprint density at radius 1 is 1.07 bits per heavy atom. The molecule has 0 amide bonds. The van der Waals surface area contributed by atoms with Gasteiger partial charge in [-0.1, -0.05) is 36.4 Å². The third kappa shape index (κ3) is 1.51. The molecule has 1 nitrogen and oxygen atoms in total. The van der Waals surface area contributed by atoms with Gasteiger partial charge in [0.05, 0.1) is 0 Å². The fourth-order valence-corrected chi connectivity index (χ4v) is 3.07. The predicted octanol–water partition coefficient (Wildman–Crippen LogP) is 2.83. The van der Waals surface area contributed by atoms with E-state index in [0.717, 1.165) is 11.8 Å². The zero-order valence-electron chi connectivity index (χ0n) is 8.89. The lowest BCUT2D eigenvalue weighted by Crippen LogP contribution is -2.32. The summed E-state index contributed by atoms with van der Waals surface area (Å²) in [6, 6.07) is 10.9. The summed E-state index contributed by atoms with van der Waals surface area (Å²) in [5.74, 6) is 1.53. The van der Waals surface area contributed by atoms with Gasteiger partial charge in [0.15, 0.2) is 0 Å².